The first-order valence-corrected chi connectivity index (χ1v) is 8.59. The summed E-state index contributed by atoms with van der Waals surface area (Å²) < 4.78 is 1.94. The molecule has 2 aromatic heterocycles. The highest BCUT2D eigenvalue weighted by Gasteiger charge is 2.29. The second-order valence-electron chi connectivity index (χ2n) is 6.09. The lowest BCUT2D eigenvalue weighted by molar-refractivity contribution is 0.501. The van der Waals surface area contributed by atoms with Crippen molar-refractivity contribution in [1.82, 2.24) is 14.9 Å². The second-order valence-corrected chi connectivity index (χ2v) is 7.29. The molecule has 1 unspecified atom stereocenters. The maximum Gasteiger partial charge on any atom is 0.262 e. The van der Waals surface area contributed by atoms with Gasteiger partial charge in [0.1, 0.15) is 10.7 Å². The Balaban J connectivity index is 2.10. The van der Waals surface area contributed by atoms with Gasteiger partial charge < -0.3 is 5.32 Å². The Morgan fingerprint density at radius 3 is 2.76 bits per heavy atom. The molecule has 21 heavy (non-hydrogen) atoms. The highest BCUT2D eigenvalue weighted by atomic mass is 32.1. The van der Waals surface area contributed by atoms with Crippen molar-refractivity contribution in [3.05, 3.63) is 26.6 Å². The molecule has 0 spiro atoms. The minimum absolute atomic E-state index is 0.158. The quantitative estimate of drug-likeness (QED) is 0.922. The Hall–Kier alpha value is -1.20. The number of fused-ring (bicyclic) bond motifs is 1. The highest BCUT2D eigenvalue weighted by molar-refractivity contribution is 7.18. The van der Waals surface area contributed by atoms with Crippen molar-refractivity contribution in [2.45, 2.75) is 65.6 Å². The number of hydrogen-bond donors (Lipinski definition) is 1. The molecule has 1 atom stereocenters. The molecular formula is C16H23N3OS. The summed E-state index contributed by atoms with van der Waals surface area (Å²) >= 11 is 1.64. The van der Waals surface area contributed by atoms with Gasteiger partial charge in [0, 0.05) is 17.0 Å². The van der Waals surface area contributed by atoms with Crippen molar-refractivity contribution < 1.29 is 0 Å². The maximum absolute atomic E-state index is 12.9. The van der Waals surface area contributed by atoms with Gasteiger partial charge in [-0.2, -0.15) is 0 Å². The molecule has 5 heteroatoms. The molecule has 0 radical (unpaired) electrons. The SMILES string of the molecule is CCC(C)NCc1nc2sc(C)c(C)c2c(=O)n1C1CC1. The summed E-state index contributed by atoms with van der Waals surface area (Å²) in [6, 6.07) is 0.805. The number of nitrogens with one attached hydrogen (secondary N) is 1. The zero-order valence-electron chi connectivity index (χ0n) is 13.2. The van der Waals surface area contributed by atoms with Gasteiger partial charge in [-0.25, -0.2) is 4.98 Å². The average molecular weight is 305 g/mol. The molecule has 1 aliphatic carbocycles. The normalized spacial score (nSPS) is 16.6. The van der Waals surface area contributed by atoms with Crippen LogP contribution in [0, 0.1) is 13.8 Å². The van der Waals surface area contributed by atoms with Crippen LogP contribution in [0.3, 0.4) is 0 Å². The van der Waals surface area contributed by atoms with Crippen LogP contribution >= 0.6 is 11.3 Å². The molecule has 0 aromatic carbocycles. The van der Waals surface area contributed by atoms with E-state index in [-0.39, 0.29) is 5.56 Å². The molecule has 3 rings (SSSR count). The molecule has 0 bridgehead atoms. The first kappa shape index (κ1) is 14.7. The van der Waals surface area contributed by atoms with E-state index in [1.165, 1.54) is 4.88 Å². The van der Waals surface area contributed by atoms with Gasteiger partial charge in [0.2, 0.25) is 0 Å². The molecule has 0 aliphatic heterocycles. The van der Waals surface area contributed by atoms with Crippen molar-refractivity contribution in [2.24, 2.45) is 0 Å². The molecule has 2 heterocycles. The Morgan fingerprint density at radius 1 is 1.43 bits per heavy atom. The van der Waals surface area contributed by atoms with Crippen LogP contribution in [0.2, 0.25) is 0 Å². The molecule has 1 aliphatic rings. The molecule has 1 saturated carbocycles. The van der Waals surface area contributed by atoms with Gasteiger partial charge in [-0.1, -0.05) is 6.92 Å². The van der Waals surface area contributed by atoms with Gasteiger partial charge in [0.25, 0.3) is 5.56 Å². The monoisotopic (exact) mass is 305 g/mol. The zero-order valence-corrected chi connectivity index (χ0v) is 14.0. The van der Waals surface area contributed by atoms with Crippen molar-refractivity contribution >= 4 is 21.6 Å². The van der Waals surface area contributed by atoms with Crippen LogP contribution < -0.4 is 10.9 Å². The summed E-state index contributed by atoms with van der Waals surface area (Å²) in [5, 5.41) is 4.30. The van der Waals surface area contributed by atoms with Crippen LogP contribution in [0.5, 0.6) is 0 Å². The molecule has 0 saturated heterocycles. The maximum atomic E-state index is 12.9. The number of rotatable bonds is 5. The summed E-state index contributed by atoms with van der Waals surface area (Å²) in [5.74, 6) is 0.900. The molecule has 4 nitrogen and oxygen atoms in total. The number of nitrogens with zero attached hydrogens (tertiary/aromatic N) is 2. The Bertz CT molecular complexity index is 727. The summed E-state index contributed by atoms with van der Waals surface area (Å²) in [4.78, 5) is 19.8. The predicted octanol–water partition coefficient (Wildman–Crippen LogP) is 3.30. The van der Waals surface area contributed by atoms with Gasteiger partial charge in [-0.3, -0.25) is 9.36 Å². The van der Waals surface area contributed by atoms with E-state index >= 15 is 0 Å². The van der Waals surface area contributed by atoms with Gasteiger partial charge in [-0.05, 0) is 45.6 Å². The Kier molecular flexibility index (Phi) is 3.88. The van der Waals surface area contributed by atoms with Gasteiger partial charge in [-0.15, -0.1) is 11.3 Å². The summed E-state index contributed by atoms with van der Waals surface area (Å²) in [6.07, 6.45) is 3.28. The first-order chi connectivity index (χ1) is 10.0. The highest BCUT2D eigenvalue weighted by Crippen LogP contribution is 2.36. The van der Waals surface area contributed by atoms with Crippen LogP contribution in [-0.2, 0) is 6.54 Å². The van der Waals surface area contributed by atoms with Gasteiger partial charge in [0.05, 0.1) is 11.9 Å². The third kappa shape index (κ3) is 2.64. The molecule has 1 fully saturated rings. The minimum Gasteiger partial charge on any atom is -0.307 e. The summed E-state index contributed by atoms with van der Waals surface area (Å²) in [6.45, 7) is 9.10. The fourth-order valence-corrected chi connectivity index (χ4v) is 3.63. The average Bonchev–Trinajstić information content (AvgIpc) is 3.24. The van der Waals surface area contributed by atoms with Crippen molar-refractivity contribution in [3.63, 3.8) is 0 Å². The van der Waals surface area contributed by atoms with E-state index in [4.69, 9.17) is 4.98 Å². The van der Waals surface area contributed by atoms with Crippen molar-refractivity contribution in [1.29, 1.82) is 0 Å². The minimum atomic E-state index is 0.158. The predicted molar refractivity (Wildman–Crippen MR) is 88.2 cm³/mol. The van der Waals surface area contributed by atoms with Crippen LogP contribution in [0.15, 0.2) is 4.79 Å². The van der Waals surface area contributed by atoms with E-state index in [2.05, 4.69) is 26.1 Å². The van der Waals surface area contributed by atoms with Crippen LogP contribution in [0.25, 0.3) is 10.2 Å². The fraction of sp³-hybridized carbons (Fsp3) is 0.625. The zero-order chi connectivity index (χ0) is 15.1. The van der Waals surface area contributed by atoms with E-state index in [1.807, 2.05) is 11.5 Å². The molecule has 114 valence electrons. The van der Waals surface area contributed by atoms with E-state index in [9.17, 15) is 4.79 Å². The molecule has 1 N–H and O–H groups in total. The summed E-state index contributed by atoms with van der Waals surface area (Å²) in [7, 11) is 0. The lowest BCUT2D eigenvalue weighted by Gasteiger charge is -2.15. The lowest BCUT2D eigenvalue weighted by Crippen LogP contribution is -2.31. The van der Waals surface area contributed by atoms with Gasteiger partial charge >= 0.3 is 0 Å². The number of aryl methyl sites for hydroxylation is 2. The van der Waals surface area contributed by atoms with E-state index in [0.29, 0.717) is 18.6 Å². The van der Waals surface area contributed by atoms with Gasteiger partial charge in [0.15, 0.2) is 0 Å². The largest absolute Gasteiger partial charge is 0.307 e. The van der Waals surface area contributed by atoms with Crippen molar-refractivity contribution in [2.75, 3.05) is 0 Å². The molecule has 2 aromatic rings. The van der Waals surface area contributed by atoms with E-state index in [1.54, 1.807) is 11.3 Å². The van der Waals surface area contributed by atoms with Crippen LogP contribution in [0.4, 0.5) is 0 Å². The topological polar surface area (TPSA) is 46.9 Å². The third-order valence-corrected chi connectivity index (χ3v) is 5.54. The fourth-order valence-electron chi connectivity index (χ4n) is 2.59. The molecule has 0 amide bonds. The smallest absolute Gasteiger partial charge is 0.262 e. The first-order valence-electron chi connectivity index (χ1n) is 7.77. The Labute approximate surface area is 129 Å². The van der Waals surface area contributed by atoms with Crippen LogP contribution in [0.1, 0.15) is 55.4 Å². The number of hydrogen-bond acceptors (Lipinski definition) is 4. The summed E-state index contributed by atoms with van der Waals surface area (Å²) in [5.41, 5.74) is 1.26. The molecular weight excluding hydrogens is 282 g/mol. The Morgan fingerprint density at radius 2 is 2.14 bits per heavy atom. The van der Waals surface area contributed by atoms with Crippen molar-refractivity contribution in [3.8, 4) is 0 Å². The van der Waals surface area contributed by atoms with E-state index in [0.717, 1.165) is 40.9 Å². The number of thiophene rings is 1. The van der Waals surface area contributed by atoms with Crippen LogP contribution in [-0.4, -0.2) is 15.6 Å². The number of aromatic nitrogens is 2. The standard InChI is InChI=1S/C16H23N3OS/c1-5-9(2)17-8-13-18-15-14(10(3)11(4)21-15)16(20)19(13)12-6-7-12/h9,12,17H,5-8H2,1-4H3. The van der Waals surface area contributed by atoms with E-state index < -0.39 is 0 Å². The lowest BCUT2D eigenvalue weighted by atomic mass is 10.2. The second kappa shape index (κ2) is 5.54. The third-order valence-electron chi connectivity index (χ3n) is 4.44.